The fraction of sp³-hybridized carbons (Fsp3) is 0.909. The van der Waals surface area contributed by atoms with Crippen LogP contribution in [-0.4, -0.2) is 41.5 Å². The zero-order valence-corrected chi connectivity index (χ0v) is 9.16. The van der Waals surface area contributed by atoms with Crippen LogP contribution in [0, 0.1) is 11.8 Å². The lowest BCUT2D eigenvalue weighted by Crippen LogP contribution is -2.50. The monoisotopic (exact) mass is 233 g/mol. The molecule has 1 saturated carbocycles. The molecule has 2 aliphatic rings. The molecule has 1 unspecified atom stereocenters. The number of nitrogens with zero attached hydrogens (tertiary/aromatic N) is 1. The highest BCUT2D eigenvalue weighted by atomic mass is 19.3. The van der Waals surface area contributed by atoms with E-state index in [9.17, 15) is 13.6 Å². The summed E-state index contributed by atoms with van der Waals surface area (Å²) in [5.74, 6) is -3.15. The molecule has 5 heteroatoms. The molecule has 0 radical (unpaired) electrons. The highest BCUT2D eigenvalue weighted by molar-refractivity contribution is 5.80. The molecule has 0 aromatic carbocycles. The van der Waals surface area contributed by atoms with Crippen molar-refractivity contribution >= 4 is 5.91 Å². The molecule has 3 nitrogen and oxygen atoms in total. The van der Waals surface area contributed by atoms with Crippen LogP contribution in [0.2, 0.25) is 0 Å². The van der Waals surface area contributed by atoms with E-state index in [1.54, 1.807) is 4.90 Å². The maximum atomic E-state index is 12.6. The number of carbonyl (C=O) groups is 1. The number of piperidine rings is 1. The number of rotatable bonds is 2. The van der Waals surface area contributed by atoms with Gasteiger partial charge in [-0.2, -0.15) is 0 Å². The average molecular weight is 233 g/mol. The van der Waals surface area contributed by atoms with E-state index >= 15 is 0 Å². The summed E-state index contributed by atoms with van der Waals surface area (Å²) >= 11 is 0. The maximum absolute atomic E-state index is 12.6. The molecule has 1 aliphatic heterocycles. The third kappa shape index (κ3) is 2.34. The van der Waals surface area contributed by atoms with Gasteiger partial charge in [0, 0.05) is 38.5 Å². The van der Waals surface area contributed by atoms with Gasteiger partial charge in [0.25, 0.3) is 0 Å². The Morgan fingerprint density at radius 1 is 1.44 bits per heavy atom. The van der Waals surface area contributed by atoms with Crippen molar-refractivity contribution in [1.29, 1.82) is 0 Å². The van der Waals surface area contributed by atoms with Crippen molar-refractivity contribution in [2.24, 2.45) is 11.8 Å². The van der Waals surface area contributed by atoms with Gasteiger partial charge < -0.3 is 10.0 Å². The molecule has 2 rings (SSSR count). The predicted octanol–water partition coefficient (Wildman–Crippen LogP) is 1.26. The molecule has 1 heterocycles. The summed E-state index contributed by atoms with van der Waals surface area (Å²) in [4.78, 5) is 13.5. The fourth-order valence-corrected chi connectivity index (χ4v) is 2.51. The zero-order chi connectivity index (χ0) is 11.8. The summed E-state index contributed by atoms with van der Waals surface area (Å²) in [6, 6.07) is 0. The minimum absolute atomic E-state index is 0.0740. The Kier molecular flexibility index (Phi) is 3.15. The van der Waals surface area contributed by atoms with Gasteiger partial charge in [-0.25, -0.2) is 8.78 Å². The molecule has 0 bridgehead atoms. The maximum Gasteiger partial charge on any atom is 0.249 e. The summed E-state index contributed by atoms with van der Waals surface area (Å²) in [6.07, 6.45) is 1.18. The third-order valence-electron chi connectivity index (χ3n) is 3.53. The van der Waals surface area contributed by atoms with Gasteiger partial charge in [-0.05, 0) is 18.8 Å². The molecule has 92 valence electrons. The van der Waals surface area contributed by atoms with E-state index in [2.05, 4.69) is 0 Å². The Labute approximate surface area is 93.4 Å². The van der Waals surface area contributed by atoms with Crippen LogP contribution in [0.1, 0.15) is 25.7 Å². The van der Waals surface area contributed by atoms with Gasteiger partial charge >= 0.3 is 0 Å². The highest BCUT2D eigenvalue weighted by Crippen LogP contribution is 2.43. The van der Waals surface area contributed by atoms with Crippen molar-refractivity contribution in [2.45, 2.75) is 31.6 Å². The van der Waals surface area contributed by atoms with Crippen molar-refractivity contribution in [3.8, 4) is 0 Å². The van der Waals surface area contributed by atoms with Gasteiger partial charge in [-0.1, -0.05) is 0 Å². The lowest BCUT2D eigenvalue weighted by Gasteiger charge is -2.39. The number of alkyl halides is 2. The second kappa shape index (κ2) is 4.28. The summed E-state index contributed by atoms with van der Waals surface area (Å²) < 4.78 is 25.3. The number of aliphatic hydroxyl groups is 1. The minimum Gasteiger partial charge on any atom is -0.396 e. The SMILES string of the molecule is O=C(C1CC(F)(F)C1)N1CCCC(CO)C1. The number of hydrogen-bond acceptors (Lipinski definition) is 2. The largest absolute Gasteiger partial charge is 0.396 e. The molecule has 0 aromatic heterocycles. The lowest BCUT2D eigenvalue weighted by molar-refractivity contribution is -0.161. The van der Waals surface area contributed by atoms with Crippen molar-refractivity contribution in [1.82, 2.24) is 4.90 Å². The van der Waals surface area contributed by atoms with Gasteiger partial charge in [0.15, 0.2) is 0 Å². The molecular formula is C11H17F2NO2. The first-order chi connectivity index (χ1) is 7.52. The van der Waals surface area contributed by atoms with Crippen LogP contribution in [0.25, 0.3) is 0 Å². The Bertz CT molecular complexity index is 275. The molecule has 1 N–H and O–H groups in total. The number of hydrogen-bond donors (Lipinski definition) is 1. The third-order valence-corrected chi connectivity index (χ3v) is 3.53. The smallest absolute Gasteiger partial charge is 0.249 e. The second-order valence-electron chi connectivity index (χ2n) is 4.94. The van der Waals surface area contributed by atoms with E-state index in [0.717, 1.165) is 12.8 Å². The number of amides is 1. The van der Waals surface area contributed by atoms with Gasteiger partial charge in [0.1, 0.15) is 0 Å². The summed E-state index contributed by atoms with van der Waals surface area (Å²) in [5, 5.41) is 9.03. The average Bonchev–Trinajstić information content (AvgIpc) is 2.25. The first-order valence-electron chi connectivity index (χ1n) is 5.79. The Morgan fingerprint density at radius 2 is 2.12 bits per heavy atom. The molecule has 0 spiro atoms. The van der Waals surface area contributed by atoms with Crippen molar-refractivity contribution < 1.29 is 18.7 Å². The van der Waals surface area contributed by atoms with Crippen molar-refractivity contribution in [3.05, 3.63) is 0 Å². The van der Waals surface area contributed by atoms with Crippen LogP contribution >= 0.6 is 0 Å². The first kappa shape index (κ1) is 11.8. The summed E-state index contributed by atoms with van der Waals surface area (Å²) in [6.45, 7) is 1.25. The lowest BCUT2D eigenvalue weighted by atomic mass is 9.80. The normalized spacial score (nSPS) is 29.9. The van der Waals surface area contributed by atoms with Crippen LogP contribution in [0.3, 0.4) is 0 Å². The van der Waals surface area contributed by atoms with E-state index in [4.69, 9.17) is 5.11 Å². The quantitative estimate of drug-likeness (QED) is 0.780. The van der Waals surface area contributed by atoms with Crippen LogP contribution in [0.15, 0.2) is 0 Å². The minimum atomic E-state index is -2.63. The van der Waals surface area contributed by atoms with Gasteiger partial charge in [-0.15, -0.1) is 0 Å². The molecule has 0 aromatic rings. The van der Waals surface area contributed by atoms with Crippen molar-refractivity contribution in [3.63, 3.8) is 0 Å². The number of likely N-dealkylation sites (tertiary alicyclic amines) is 1. The molecular weight excluding hydrogens is 216 g/mol. The predicted molar refractivity (Wildman–Crippen MR) is 54.1 cm³/mol. The second-order valence-corrected chi connectivity index (χ2v) is 4.94. The van der Waals surface area contributed by atoms with E-state index in [-0.39, 0.29) is 31.3 Å². The topological polar surface area (TPSA) is 40.5 Å². The van der Waals surface area contributed by atoms with Crippen LogP contribution < -0.4 is 0 Å². The van der Waals surface area contributed by atoms with Gasteiger partial charge in [-0.3, -0.25) is 4.79 Å². The molecule has 2 fully saturated rings. The first-order valence-corrected chi connectivity index (χ1v) is 5.79. The van der Waals surface area contributed by atoms with Crippen LogP contribution in [0.4, 0.5) is 8.78 Å². The molecule has 1 saturated heterocycles. The zero-order valence-electron chi connectivity index (χ0n) is 9.16. The summed E-state index contributed by atoms with van der Waals surface area (Å²) in [7, 11) is 0. The van der Waals surface area contributed by atoms with Gasteiger partial charge in [0.2, 0.25) is 11.8 Å². The van der Waals surface area contributed by atoms with E-state index in [1.807, 2.05) is 0 Å². The molecule has 16 heavy (non-hydrogen) atoms. The number of halogens is 2. The van der Waals surface area contributed by atoms with E-state index < -0.39 is 11.8 Å². The summed E-state index contributed by atoms with van der Waals surface area (Å²) in [5.41, 5.74) is 0. The van der Waals surface area contributed by atoms with Crippen LogP contribution in [-0.2, 0) is 4.79 Å². The number of carbonyl (C=O) groups excluding carboxylic acids is 1. The van der Waals surface area contributed by atoms with Crippen molar-refractivity contribution in [2.75, 3.05) is 19.7 Å². The highest BCUT2D eigenvalue weighted by Gasteiger charge is 2.49. The molecule has 1 amide bonds. The fourth-order valence-electron chi connectivity index (χ4n) is 2.51. The standard InChI is InChI=1S/C11H17F2NO2/c12-11(13)4-9(5-11)10(16)14-3-1-2-8(6-14)7-15/h8-9,15H,1-7H2. The van der Waals surface area contributed by atoms with Gasteiger partial charge in [0.05, 0.1) is 0 Å². The molecule has 1 atom stereocenters. The Balaban J connectivity index is 1.85. The molecule has 1 aliphatic carbocycles. The number of aliphatic hydroxyl groups excluding tert-OH is 1. The van der Waals surface area contributed by atoms with Crippen LogP contribution in [0.5, 0.6) is 0 Å². The van der Waals surface area contributed by atoms with E-state index in [0.29, 0.717) is 13.1 Å². The Morgan fingerprint density at radius 3 is 2.69 bits per heavy atom. The Hall–Kier alpha value is -0.710. The van der Waals surface area contributed by atoms with E-state index in [1.165, 1.54) is 0 Å².